The molecule has 1 N–H and O–H groups in total. The smallest absolute Gasteiger partial charge is 0.243 e. The number of guanidine groups is 1. The van der Waals surface area contributed by atoms with E-state index in [1.54, 1.807) is 33.2 Å². The molecule has 0 saturated carbocycles. The average molecular weight is 504 g/mol. The number of ether oxygens (including phenoxy) is 2. The van der Waals surface area contributed by atoms with Crippen LogP contribution < -0.4 is 14.8 Å². The molecule has 0 saturated heterocycles. The molecule has 0 fully saturated rings. The van der Waals surface area contributed by atoms with Gasteiger partial charge in [-0.25, -0.2) is 4.99 Å². The van der Waals surface area contributed by atoms with Gasteiger partial charge in [-0.05, 0) is 43.0 Å². The molecule has 0 spiro atoms. The van der Waals surface area contributed by atoms with Crippen LogP contribution in [-0.4, -0.2) is 69.1 Å². The maximum atomic E-state index is 12.0. The van der Waals surface area contributed by atoms with Gasteiger partial charge in [0.25, 0.3) is 0 Å². The maximum Gasteiger partial charge on any atom is 0.243 e. The lowest BCUT2D eigenvalue weighted by Crippen LogP contribution is -2.47. The summed E-state index contributed by atoms with van der Waals surface area (Å²) in [4.78, 5) is 20.3. The van der Waals surface area contributed by atoms with Gasteiger partial charge < -0.3 is 24.6 Å². The predicted octanol–water partition coefficient (Wildman–Crippen LogP) is 2.51. The molecule has 1 aromatic rings. The van der Waals surface area contributed by atoms with Crippen LogP contribution in [-0.2, 0) is 17.8 Å². The van der Waals surface area contributed by atoms with Crippen LogP contribution in [0.2, 0.25) is 0 Å². The van der Waals surface area contributed by atoms with E-state index in [4.69, 9.17) is 9.47 Å². The van der Waals surface area contributed by atoms with E-state index in [-0.39, 0.29) is 42.5 Å². The molecule has 1 heterocycles. The van der Waals surface area contributed by atoms with Crippen LogP contribution in [0.3, 0.4) is 0 Å². The van der Waals surface area contributed by atoms with Gasteiger partial charge in [0.15, 0.2) is 17.5 Å². The molecule has 1 aromatic carbocycles. The number of fused-ring (bicyclic) bond motifs is 1. The lowest BCUT2D eigenvalue weighted by molar-refractivity contribution is -0.127. The number of carbonyl (C=O) groups is 1. The minimum atomic E-state index is -0.0118. The fraction of sp³-hybridized carbons (Fsp3) is 0.600. The third-order valence-corrected chi connectivity index (χ3v) is 4.87. The Bertz CT molecular complexity index is 694. The molecule has 0 aliphatic carbocycles. The molecule has 1 unspecified atom stereocenters. The highest BCUT2D eigenvalue weighted by Crippen LogP contribution is 2.33. The van der Waals surface area contributed by atoms with Crippen molar-refractivity contribution in [1.82, 2.24) is 15.1 Å². The number of likely N-dealkylation sites (N-methyl/N-ethyl adjacent to an activating group) is 1. The van der Waals surface area contributed by atoms with Crippen molar-refractivity contribution in [2.24, 2.45) is 4.99 Å². The van der Waals surface area contributed by atoms with Crippen molar-refractivity contribution in [1.29, 1.82) is 0 Å². The number of nitrogens with one attached hydrogen (secondary N) is 1. The number of benzene rings is 1. The normalized spacial score (nSPS) is 14.5. The van der Waals surface area contributed by atoms with Crippen molar-refractivity contribution in [2.75, 3.05) is 41.4 Å². The van der Waals surface area contributed by atoms with Gasteiger partial charge >= 0.3 is 0 Å². The molecule has 2 rings (SSSR count). The van der Waals surface area contributed by atoms with Gasteiger partial charge in [0, 0.05) is 33.2 Å². The monoisotopic (exact) mass is 504 g/mol. The highest BCUT2D eigenvalue weighted by molar-refractivity contribution is 14.0. The van der Waals surface area contributed by atoms with Crippen molar-refractivity contribution in [2.45, 2.75) is 39.3 Å². The average Bonchev–Trinajstić information content (AvgIpc) is 2.68. The number of amides is 1. The first-order chi connectivity index (χ1) is 12.9. The van der Waals surface area contributed by atoms with Gasteiger partial charge in [-0.15, -0.1) is 24.0 Å². The van der Waals surface area contributed by atoms with Crippen LogP contribution in [0.25, 0.3) is 0 Å². The van der Waals surface area contributed by atoms with Gasteiger partial charge in [-0.2, -0.15) is 0 Å². The highest BCUT2D eigenvalue weighted by atomic mass is 127. The molecule has 1 aliphatic rings. The molecule has 1 atom stereocenters. The zero-order valence-electron chi connectivity index (χ0n) is 17.7. The summed E-state index contributed by atoms with van der Waals surface area (Å²) in [6.45, 7) is 5.94. The molecule has 0 bridgehead atoms. The fourth-order valence-corrected chi connectivity index (χ4v) is 2.91. The van der Waals surface area contributed by atoms with Gasteiger partial charge in [0.2, 0.25) is 5.91 Å². The first-order valence-electron chi connectivity index (χ1n) is 9.39. The summed E-state index contributed by atoms with van der Waals surface area (Å²) in [5, 5.41) is 3.46. The van der Waals surface area contributed by atoms with Crippen LogP contribution in [0, 0.1) is 0 Å². The number of hydrogen-bond acceptors (Lipinski definition) is 4. The molecule has 1 amide bonds. The number of methoxy groups -OCH3 is 2. The van der Waals surface area contributed by atoms with Crippen molar-refractivity contribution in [3.8, 4) is 11.5 Å². The molecule has 7 nitrogen and oxygen atoms in total. The Hall–Kier alpha value is -1.71. The van der Waals surface area contributed by atoms with E-state index in [2.05, 4.69) is 35.1 Å². The fourth-order valence-electron chi connectivity index (χ4n) is 2.91. The minimum absolute atomic E-state index is 0. The third kappa shape index (κ3) is 6.15. The molecule has 8 heteroatoms. The van der Waals surface area contributed by atoms with Gasteiger partial charge in [-0.3, -0.25) is 4.79 Å². The molecular formula is C20H33IN4O3. The number of aliphatic imine (C=N–C) groups is 1. The molecule has 28 heavy (non-hydrogen) atoms. The lowest BCUT2D eigenvalue weighted by atomic mass is 9.99. The summed E-state index contributed by atoms with van der Waals surface area (Å²) >= 11 is 0. The van der Waals surface area contributed by atoms with E-state index in [0.717, 1.165) is 36.8 Å². The van der Waals surface area contributed by atoms with Gasteiger partial charge in [0.05, 0.1) is 14.2 Å². The quantitative estimate of drug-likeness (QED) is 0.367. The Balaban J connectivity index is 0.00000392. The van der Waals surface area contributed by atoms with E-state index in [0.29, 0.717) is 6.54 Å². The first-order valence-corrected chi connectivity index (χ1v) is 9.39. The van der Waals surface area contributed by atoms with Crippen LogP contribution in [0.5, 0.6) is 11.5 Å². The SMILES string of the molecule is CCC(C)NC(=NCC(=O)N(C)C)N1CCc2cc(OC)c(OC)cc2C1.I. The minimum Gasteiger partial charge on any atom is -0.493 e. The summed E-state index contributed by atoms with van der Waals surface area (Å²) in [6, 6.07) is 4.37. The Morgan fingerprint density at radius 2 is 1.86 bits per heavy atom. The van der Waals surface area contributed by atoms with Crippen molar-refractivity contribution < 1.29 is 14.3 Å². The number of carbonyl (C=O) groups excluding carboxylic acids is 1. The second-order valence-corrected chi connectivity index (χ2v) is 7.03. The molecule has 1 aliphatic heterocycles. The van der Waals surface area contributed by atoms with Gasteiger partial charge in [0.1, 0.15) is 6.54 Å². The van der Waals surface area contributed by atoms with E-state index in [1.165, 1.54) is 11.1 Å². The van der Waals surface area contributed by atoms with Crippen LogP contribution in [0.4, 0.5) is 0 Å². The van der Waals surface area contributed by atoms with Crippen molar-refractivity contribution in [3.63, 3.8) is 0 Å². The molecular weight excluding hydrogens is 471 g/mol. The van der Waals surface area contributed by atoms with E-state index in [9.17, 15) is 4.79 Å². The Morgan fingerprint density at radius 3 is 2.39 bits per heavy atom. The summed E-state index contributed by atoms with van der Waals surface area (Å²) in [5.41, 5.74) is 2.45. The van der Waals surface area contributed by atoms with E-state index >= 15 is 0 Å². The van der Waals surface area contributed by atoms with Crippen LogP contribution >= 0.6 is 24.0 Å². The number of hydrogen-bond donors (Lipinski definition) is 1. The van der Waals surface area contributed by atoms with E-state index in [1.807, 2.05) is 6.07 Å². The summed E-state index contributed by atoms with van der Waals surface area (Å²) in [7, 11) is 6.80. The first kappa shape index (κ1) is 24.3. The Labute approximate surface area is 185 Å². The van der Waals surface area contributed by atoms with E-state index < -0.39 is 0 Å². The molecule has 0 radical (unpaired) electrons. The maximum absolute atomic E-state index is 12.0. The van der Waals surface area contributed by atoms with Crippen LogP contribution in [0.1, 0.15) is 31.4 Å². The second kappa shape index (κ2) is 11.3. The lowest BCUT2D eigenvalue weighted by Gasteiger charge is -2.33. The zero-order chi connectivity index (χ0) is 20.0. The largest absolute Gasteiger partial charge is 0.493 e. The third-order valence-electron chi connectivity index (χ3n) is 4.87. The van der Waals surface area contributed by atoms with Crippen molar-refractivity contribution in [3.05, 3.63) is 23.3 Å². The van der Waals surface area contributed by atoms with Crippen LogP contribution in [0.15, 0.2) is 17.1 Å². The predicted molar refractivity (Wildman–Crippen MR) is 123 cm³/mol. The Morgan fingerprint density at radius 1 is 1.25 bits per heavy atom. The number of rotatable bonds is 6. The van der Waals surface area contributed by atoms with Crippen molar-refractivity contribution >= 4 is 35.8 Å². The standard InChI is InChI=1S/C20H32N4O3.HI/c1-7-14(2)22-20(21-12-19(25)23(3)4)24-9-8-15-10-17(26-5)18(27-6)11-16(15)13-24;/h10-11,14H,7-9,12-13H2,1-6H3,(H,21,22);1H. The number of nitrogens with zero attached hydrogens (tertiary/aromatic N) is 3. The zero-order valence-corrected chi connectivity index (χ0v) is 20.1. The summed E-state index contributed by atoms with van der Waals surface area (Å²) in [5.74, 6) is 2.25. The topological polar surface area (TPSA) is 66.4 Å². The second-order valence-electron chi connectivity index (χ2n) is 7.03. The highest BCUT2D eigenvalue weighted by Gasteiger charge is 2.22. The summed E-state index contributed by atoms with van der Waals surface area (Å²) in [6.07, 6.45) is 1.87. The molecule has 0 aromatic heterocycles. The summed E-state index contributed by atoms with van der Waals surface area (Å²) < 4.78 is 10.9. The number of halogens is 1. The molecule has 158 valence electrons. The Kier molecular flexibility index (Phi) is 9.84. The van der Waals surface area contributed by atoms with Gasteiger partial charge in [-0.1, -0.05) is 6.92 Å².